The van der Waals surface area contributed by atoms with Crippen molar-refractivity contribution in [1.82, 2.24) is 42.2 Å². The Morgan fingerprint density at radius 1 is 0.703 bits per heavy atom. The molecule has 0 aliphatic carbocycles. The number of aromatic hydroxyl groups is 1. The lowest BCUT2D eigenvalue weighted by atomic mass is 10.0. The highest BCUT2D eigenvalue weighted by Gasteiger charge is 2.36. The van der Waals surface area contributed by atoms with Crippen LogP contribution in [0.4, 0.5) is 0 Å². The summed E-state index contributed by atoms with van der Waals surface area (Å²) < 4.78 is 0. The van der Waals surface area contributed by atoms with Crippen LogP contribution in [0.2, 0.25) is 0 Å². The molecule has 0 spiro atoms. The predicted octanol–water partition coefficient (Wildman–Crippen LogP) is -0.238. The van der Waals surface area contributed by atoms with Gasteiger partial charge in [0.25, 0.3) is 0 Å². The van der Waals surface area contributed by atoms with Gasteiger partial charge in [0.05, 0.1) is 12.5 Å². The first-order valence-corrected chi connectivity index (χ1v) is 26.5. The molecule has 3 aromatic carbocycles. The van der Waals surface area contributed by atoms with Crippen LogP contribution in [0.1, 0.15) is 56.2 Å². The summed E-state index contributed by atoms with van der Waals surface area (Å²) in [6.45, 7) is 3.56. The van der Waals surface area contributed by atoms with Gasteiger partial charge in [0.2, 0.25) is 47.3 Å². The van der Waals surface area contributed by atoms with Gasteiger partial charge in [0.1, 0.15) is 48.0 Å². The summed E-state index contributed by atoms with van der Waals surface area (Å²) in [5.74, 6) is -9.23. The highest BCUT2D eigenvalue weighted by Crippen LogP contribution is 2.25. The van der Waals surface area contributed by atoms with Gasteiger partial charge in [-0.2, -0.15) is 0 Å². The maximum Gasteiger partial charge on any atom is 0.305 e. The summed E-state index contributed by atoms with van der Waals surface area (Å²) in [5, 5.41) is 39.0. The minimum absolute atomic E-state index is 0.0363. The zero-order valence-corrected chi connectivity index (χ0v) is 42.6. The summed E-state index contributed by atoms with van der Waals surface area (Å²) in [4.78, 5) is 128. The van der Waals surface area contributed by atoms with Crippen molar-refractivity contribution in [3.8, 4) is 5.75 Å². The van der Waals surface area contributed by atoms with Crippen LogP contribution in [0.25, 0.3) is 10.9 Å². The normalized spacial score (nSPS) is 21.4. The van der Waals surface area contributed by atoms with E-state index in [1.807, 2.05) is 18.2 Å². The first-order valence-electron chi connectivity index (χ1n) is 24.0. The number of nitrogens with one attached hydrogen (secondary N) is 8. The highest BCUT2D eigenvalue weighted by atomic mass is 33.1. The maximum absolute atomic E-state index is 14.8. The van der Waals surface area contributed by atoms with Crippen LogP contribution < -0.4 is 54.4 Å². The molecular weight excluding hydrogens is 995 g/mol. The summed E-state index contributed by atoms with van der Waals surface area (Å²) in [5.41, 5.74) is 19.8. The van der Waals surface area contributed by atoms with Crippen LogP contribution in [-0.2, 0) is 62.4 Å². The van der Waals surface area contributed by atoms with Crippen molar-refractivity contribution in [2.24, 2.45) is 23.1 Å². The molecule has 5 rings (SSSR count). The molecule has 22 nitrogen and oxygen atoms in total. The number of fused-ring (bicyclic) bond motifs is 1. The number of rotatable bonds is 18. The SMILES string of the molecule is CC(C)[C@H](NC(=O)[C@@H]1CSSC[C@H](NC(=O)[C@@H](N)CC(=O)O)C(=O)N[C@@H](Cc2ccccc2)C(=O)N[C@@H](Cc2c[nH]c3ccccc23)C(=O)N[C@@H](CCCCN)C(=O)N[C@@H](Cc2ccc(O)cc2)C(=O)N1)C(N)=O. The Bertz CT molecular complexity index is 2600. The number of primary amides is 1. The van der Waals surface area contributed by atoms with E-state index in [0.29, 0.717) is 29.5 Å². The van der Waals surface area contributed by atoms with E-state index in [1.54, 1.807) is 56.4 Å². The molecule has 0 bridgehead atoms. The van der Waals surface area contributed by atoms with E-state index in [2.05, 4.69) is 42.2 Å². The molecule has 8 amide bonds. The van der Waals surface area contributed by atoms with Crippen molar-refractivity contribution in [2.75, 3.05) is 18.1 Å². The fourth-order valence-electron chi connectivity index (χ4n) is 7.97. The molecule has 0 saturated carbocycles. The van der Waals surface area contributed by atoms with Gasteiger partial charge in [-0.05, 0) is 66.6 Å². The van der Waals surface area contributed by atoms with E-state index in [-0.39, 0.29) is 49.5 Å². The van der Waals surface area contributed by atoms with Crippen LogP contribution in [0.5, 0.6) is 5.75 Å². The van der Waals surface area contributed by atoms with Crippen molar-refractivity contribution < 1.29 is 53.4 Å². The molecule has 1 aliphatic heterocycles. The topological polar surface area (TPSA) is 372 Å². The number of nitrogens with two attached hydrogens (primary N) is 3. The number of carboxylic acids is 1. The number of aliphatic carboxylic acids is 1. The number of carbonyl (C=O) groups excluding carboxylic acids is 8. The standard InChI is InChI=1S/C50H65N11O11S2/c1-27(2)42(43(53)65)61-50(72)40-26-74-73-25-39(59-44(66)33(52)23-41(63)64)49(71)57-36(20-28-10-4-3-5-11-28)46(68)58-38(22-30-24-54-34-13-7-6-12-32(30)34)48(70)55-35(14-8-9-19-51)45(67)56-37(47(69)60-40)21-29-15-17-31(62)18-16-29/h3-7,10-13,15-18,24,27,33,35-40,42,54,62H,8-9,14,19-23,25-26,51-52H2,1-2H3,(H2,53,65)(H,55,70)(H,56,67)(H,57,71)(H,58,68)(H,59,66)(H,60,69)(H,61,72)(H,63,64)/t33-,35-,36-,37-,38-,39-,40-,42-/m0/s1. The Labute approximate surface area is 435 Å². The number of aromatic amines is 1. The molecule has 2 heterocycles. The van der Waals surface area contributed by atoms with Crippen LogP contribution >= 0.6 is 21.6 Å². The minimum atomic E-state index is -1.58. The second kappa shape index (κ2) is 28.3. The molecule has 74 heavy (non-hydrogen) atoms. The Hall–Kier alpha value is -7.15. The number of unbranched alkanes of at least 4 members (excludes halogenated alkanes) is 1. The second-order valence-corrected chi connectivity index (χ2v) is 20.7. The van der Waals surface area contributed by atoms with Gasteiger partial charge in [-0.25, -0.2) is 0 Å². The molecule has 0 unspecified atom stereocenters. The third-order valence-electron chi connectivity index (χ3n) is 12.1. The van der Waals surface area contributed by atoms with E-state index < -0.39 is 114 Å². The van der Waals surface area contributed by atoms with Gasteiger partial charge in [-0.1, -0.05) is 96.1 Å². The van der Waals surface area contributed by atoms with E-state index in [1.165, 1.54) is 24.3 Å². The smallest absolute Gasteiger partial charge is 0.305 e. The predicted molar refractivity (Wildman–Crippen MR) is 280 cm³/mol. The number of para-hydroxylation sites is 1. The molecular formula is C50H65N11O11S2. The zero-order valence-electron chi connectivity index (χ0n) is 41.0. The minimum Gasteiger partial charge on any atom is -0.508 e. The van der Waals surface area contributed by atoms with Crippen LogP contribution in [0.3, 0.4) is 0 Å². The number of hydrogen-bond acceptors (Lipinski definition) is 14. The van der Waals surface area contributed by atoms with Gasteiger partial charge >= 0.3 is 5.97 Å². The summed E-state index contributed by atoms with van der Waals surface area (Å²) in [6.07, 6.45) is 1.36. The van der Waals surface area contributed by atoms with Gasteiger partial charge < -0.3 is 69.6 Å². The second-order valence-electron chi connectivity index (χ2n) is 18.2. The first-order chi connectivity index (χ1) is 35.3. The molecule has 1 aliphatic rings. The third kappa shape index (κ3) is 17.5. The Morgan fingerprint density at radius 2 is 1.26 bits per heavy atom. The Kier molecular flexibility index (Phi) is 22.1. The van der Waals surface area contributed by atoms with Crippen molar-refractivity contribution in [2.45, 2.75) is 107 Å². The first kappa shape index (κ1) is 57.7. The average molecular weight is 1060 g/mol. The monoisotopic (exact) mass is 1060 g/mol. The van der Waals surface area contributed by atoms with E-state index in [4.69, 9.17) is 17.2 Å². The Balaban J connectivity index is 1.62. The molecule has 1 saturated heterocycles. The van der Waals surface area contributed by atoms with Gasteiger partial charge in [0.15, 0.2) is 0 Å². The van der Waals surface area contributed by atoms with Crippen molar-refractivity contribution in [3.05, 3.63) is 102 Å². The lowest BCUT2D eigenvalue weighted by Crippen LogP contribution is -2.61. The molecule has 8 atom stereocenters. The number of aromatic nitrogens is 1. The fraction of sp³-hybridized carbons (Fsp3) is 0.420. The van der Waals surface area contributed by atoms with Crippen LogP contribution in [0, 0.1) is 5.92 Å². The zero-order chi connectivity index (χ0) is 53.9. The highest BCUT2D eigenvalue weighted by molar-refractivity contribution is 8.76. The number of carboxylic acid groups (broad SMARTS) is 1. The van der Waals surface area contributed by atoms with Crippen LogP contribution in [0.15, 0.2) is 85.1 Å². The molecule has 0 radical (unpaired) electrons. The number of benzene rings is 3. The van der Waals surface area contributed by atoms with E-state index >= 15 is 0 Å². The van der Waals surface area contributed by atoms with Gasteiger partial charge in [-0.3, -0.25) is 43.2 Å². The molecule has 1 fully saturated rings. The van der Waals surface area contributed by atoms with E-state index in [9.17, 15) is 53.4 Å². The fourth-order valence-corrected chi connectivity index (χ4v) is 10.3. The molecule has 4 aromatic rings. The van der Waals surface area contributed by atoms with Gasteiger partial charge in [-0.15, -0.1) is 0 Å². The number of amides is 8. The van der Waals surface area contributed by atoms with Crippen LogP contribution in [-0.4, -0.2) is 135 Å². The molecule has 24 heteroatoms. The lowest BCUT2D eigenvalue weighted by Gasteiger charge is -2.29. The summed E-state index contributed by atoms with van der Waals surface area (Å²) in [6, 6.07) is 10.6. The quantitative estimate of drug-likeness (QED) is 0.0452. The average Bonchev–Trinajstić information content (AvgIpc) is 3.77. The number of phenols is 1. The summed E-state index contributed by atoms with van der Waals surface area (Å²) >= 11 is 0. The Morgan fingerprint density at radius 3 is 1.88 bits per heavy atom. The maximum atomic E-state index is 14.8. The molecule has 1 aromatic heterocycles. The lowest BCUT2D eigenvalue weighted by molar-refractivity contribution is -0.139. The van der Waals surface area contributed by atoms with Crippen molar-refractivity contribution in [3.63, 3.8) is 0 Å². The van der Waals surface area contributed by atoms with Crippen molar-refractivity contribution in [1.29, 1.82) is 0 Å². The number of hydrogen-bond donors (Lipinski definition) is 13. The number of carbonyl (C=O) groups is 9. The molecule has 16 N–H and O–H groups in total. The summed E-state index contributed by atoms with van der Waals surface area (Å²) in [7, 11) is 1.94. The van der Waals surface area contributed by atoms with E-state index in [0.717, 1.165) is 32.5 Å². The molecule has 398 valence electrons. The third-order valence-corrected chi connectivity index (χ3v) is 14.5. The number of phenolic OH excluding ortho intramolecular Hbond substituents is 1. The van der Waals surface area contributed by atoms with Crippen molar-refractivity contribution >= 4 is 85.7 Å². The van der Waals surface area contributed by atoms with Gasteiger partial charge in [0, 0.05) is 47.9 Å². The largest absolute Gasteiger partial charge is 0.508 e. The number of H-pyrrole nitrogens is 1.